The normalized spacial score (nSPS) is 10.6. The third-order valence-electron chi connectivity index (χ3n) is 4.45. The number of hydrogen-bond donors (Lipinski definition) is 2. The van der Waals surface area contributed by atoms with E-state index in [9.17, 15) is 9.59 Å². The van der Waals surface area contributed by atoms with E-state index in [-0.39, 0.29) is 0 Å². The van der Waals surface area contributed by atoms with Crippen LogP contribution in [-0.2, 0) is 16.2 Å². The molecule has 0 aliphatic carbocycles. The van der Waals surface area contributed by atoms with Gasteiger partial charge in [-0.1, -0.05) is 59.6 Å². The minimum Gasteiger partial charge on any atom is -0.490 e. The minimum absolute atomic E-state index is 0.334. The summed E-state index contributed by atoms with van der Waals surface area (Å²) in [6.07, 6.45) is 1.37. The number of ether oxygens (including phenoxy) is 2. The number of anilines is 1. The van der Waals surface area contributed by atoms with Crippen molar-refractivity contribution in [2.45, 2.75) is 20.5 Å². The Morgan fingerprint density at radius 2 is 1.73 bits per heavy atom. The van der Waals surface area contributed by atoms with E-state index in [1.807, 2.05) is 56.3 Å². The molecule has 0 saturated carbocycles. The Morgan fingerprint density at radius 1 is 1.00 bits per heavy atom. The lowest BCUT2D eigenvalue weighted by Gasteiger charge is -2.14. The molecule has 0 aliphatic rings. The number of hydrazone groups is 1. The molecule has 0 spiro atoms. The minimum atomic E-state index is -0.897. The quantitative estimate of drug-likeness (QED) is 0.286. The molecule has 3 aromatic carbocycles. The van der Waals surface area contributed by atoms with Gasteiger partial charge in [-0.05, 0) is 49.2 Å². The van der Waals surface area contributed by atoms with Crippen LogP contribution < -0.4 is 20.2 Å². The number of carbonyl (C=O) groups excluding carboxylic acids is 2. The number of halogens is 1. The van der Waals surface area contributed by atoms with Crippen LogP contribution in [0.5, 0.6) is 11.5 Å². The first-order valence-electron chi connectivity index (χ1n) is 10.3. The zero-order valence-electron chi connectivity index (χ0n) is 18.3. The molecule has 0 aromatic heterocycles. The molecule has 33 heavy (non-hydrogen) atoms. The number of rotatable bonds is 8. The summed E-state index contributed by atoms with van der Waals surface area (Å²) in [5.41, 5.74) is 5.32. The van der Waals surface area contributed by atoms with Crippen molar-refractivity contribution in [1.82, 2.24) is 5.43 Å². The number of nitrogens with zero attached hydrogens (tertiary/aromatic N) is 1. The van der Waals surface area contributed by atoms with Crippen LogP contribution in [0.1, 0.15) is 23.6 Å². The third kappa shape index (κ3) is 7.08. The zero-order chi connectivity index (χ0) is 23.6. The highest BCUT2D eigenvalue weighted by atomic mass is 35.5. The van der Waals surface area contributed by atoms with Gasteiger partial charge in [-0.3, -0.25) is 9.59 Å². The van der Waals surface area contributed by atoms with E-state index in [0.29, 0.717) is 41.0 Å². The van der Waals surface area contributed by atoms with Crippen molar-refractivity contribution in [3.8, 4) is 11.5 Å². The molecule has 0 radical (unpaired) electrons. The number of amides is 2. The monoisotopic (exact) mass is 465 g/mol. The molecule has 0 fully saturated rings. The predicted octanol–water partition coefficient (Wildman–Crippen LogP) is 4.71. The molecule has 170 valence electrons. The van der Waals surface area contributed by atoms with Crippen LogP contribution in [0.4, 0.5) is 5.69 Å². The molecule has 8 heteroatoms. The van der Waals surface area contributed by atoms with Crippen LogP contribution in [0.3, 0.4) is 0 Å². The lowest BCUT2D eigenvalue weighted by Crippen LogP contribution is -2.32. The maximum absolute atomic E-state index is 12.0. The summed E-state index contributed by atoms with van der Waals surface area (Å²) in [7, 11) is 0. The Hall–Kier alpha value is -3.84. The molecule has 0 bridgehead atoms. The van der Waals surface area contributed by atoms with Crippen LogP contribution >= 0.6 is 11.6 Å². The molecule has 0 aliphatic heterocycles. The maximum atomic E-state index is 12.0. The van der Waals surface area contributed by atoms with Gasteiger partial charge in [-0.2, -0.15) is 5.10 Å². The second-order valence-electron chi connectivity index (χ2n) is 7.06. The number of benzene rings is 3. The van der Waals surface area contributed by atoms with Gasteiger partial charge in [0, 0.05) is 5.69 Å². The summed E-state index contributed by atoms with van der Waals surface area (Å²) in [4.78, 5) is 24.0. The highest BCUT2D eigenvalue weighted by Gasteiger charge is 2.14. The molecular weight excluding hydrogens is 442 g/mol. The largest absolute Gasteiger partial charge is 0.490 e. The number of hydrogen-bond acceptors (Lipinski definition) is 5. The Kier molecular flexibility index (Phi) is 8.43. The highest BCUT2D eigenvalue weighted by Crippen LogP contribution is 2.37. The zero-order valence-corrected chi connectivity index (χ0v) is 19.1. The predicted molar refractivity (Wildman–Crippen MR) is 129 cm³/mol. The van der Waals surface area contributed by atoms with E-state index >= 15 is 0 Å². The SMILES string of the molecule is CCOc1cc(/C=N\NC(=O)C(=O)Nc2ccc(C)cc2)cc(Cl)c1OCc1ccccc1. The third-order valence-corrected chi connectivity index (χ3v) is 4.73. The lowest BCUT2D eigenvalue weighted by molar-refractivity contribution is -0.136. The van der Waals surface area contributed by atoms with Crippen LogP contribution in [-0.4, -0.2) is 24.6 Å². The summed E-state index contributed by atoms with van der Waals surface area (Å²) in [5.74, 6) is -0.855. The van der Waals surface area contributed by atoms with Gasteiger partial charge in [0.25, 0.3) is 0 Å². The van der Waals surface area contributed by atoms with Crippen LogP contribution in [0, 0.1) is 6.92 Å². The van der Waals surface area contributed by atoms with Crippen molar-refractivity contribution >= 4 is 35.3 Å². The Bertz CT molecular complexity index is 1130. The van der Waals surface area contributed by atoms with Gasteiger partial charge in [0.15, 0.2) is 11.5 Å². The maximum Gasteiger partial charge on any atom is 0.329 e. The van der Waals surface area contributed by atoms with E-state index in [0.717, 1.165) is 11.1 Å². The average molecular weight is 466 g/mol. The van der Waals surface area contributed by atoms with Gasteiger partial charge in [0.05, 0.1) is 17.8 Å². The Morgan fingerprint density at radius 3 is 2.42 bits per heavy atom. The van der Waals surface area contributed by atoms with Crippen molar-refractivity contribution in [3.63, 3.8) is 0 Å². The van der Waals surface area contributed by atoms with Crippen molar-refractivity contribution in [2.75, 3.05) is 11.9 Å². The summed E-state index contributed by atoms with van der Waals surface area (Å²) in [5, 5.41) is 6.68. The lowest BCUT2D eigenvalue weighted by atomic mass is 10.2. The first kappa shape index (κ1) is 23.8. The molecule has 2 N–H and O–H groups in total. The highest BCUT2D eigenvalue weighted by molar-refractivity contribution is 6.39. The van der Waals surface area contributed by atoms with Gasteiger partial charge >= 0.3 is 11.8 Å². The first-order valence-corrected chi connectivity index (χ1v) is 10.7. The molecule has 3 rings (SSSR count). The van der Waals surface area contributed by atoms with E-state index < -0.39 is 11.8 Å². The van der Waals surface area contributed by atoms with E-state index in [1.165, 1.54) is 6.21 Å². The van der Waals surface area contributed by atoms with E-state index in [2.05, 4.69) is 15.8 Å². The van der Waals surface area contributed by atoms with Crippen LogP contribution in [0.25, 0.3) is 0 Å². The van der Waals surface area contributed by atoms with Gasteiger partial charge in [0.1, 0.15) is 6.61 Å². The number of nitrogens with one attached hydrogen (secondary N) is 2. The van der Waals surface area contributed by atoms with Crippen LogP contribution in [0.15, 0.2) is 71.8 Å². The fourth-order valence-corrected chi connectivity index (χ4v) is 3.11. The standard InChI is InChI=1S/C25H24ClN3O4/c1-3-32-22-14-19(13-21(26)23(22)33-16-18-7-5-4-6-8-18)15-27-29-25(31)24(30)28-20-11-9-17(2)10-12-20/h4-15H,3,16H2,1-2H3,(H,28,30)(H,29,31)/b27-15-. The van der Waals surface area contributed by atoms with Gasteiger partial charge < -0.3 is 14.8 Å². The second-order valence-corrected chi connectivity index (χ2v) is 7.46. The van der Waals surface area contributed by atoms with Crippen molar-refractivity contribution in [3.05, 3.63) is 88.4 Å². The molecule has 3 aromatic rings. The van der Waals surface area contributed by atoms with Crippen molar-refractivity contribution < 1.29 is 19.1 Å². The molecule has 0 atom stereocenters. The summed E-state index contributed by atoms with van der Waals surface area (Å²) >= 11 is 6.41. The molecule has 0 saturated heterocycles. The van der Waals surface area contributed by atoms with Gasteiger partial charge in [0.2, 0.25) is 0 Å². The molecule has 0 unspecified atom stereocenters. The van der Waals surface area contributed by atoms with Gasteiger partial charge in [-0.25, -0.2) is 5.43 Å². The topological polar surface area (TPSA) is 89.0 Å². The Labute approximate surface area is 197 Å². The number of carbonyl (C=O) groups is 2. The molecule has 2 amide bonds. The summed E-state index contributed by atoms with van der Waals surface area (Å²) in [6, 6.07) is 20.1. The second kappa shape index (κ2) is 11.7. The summed E-state index contributed by atoms with van der Waals surface area (Å²) in [6.45, 7) is 4.52. The fraction of sp³-hybridized carbons (Fsp3) is 0.160. The van der Waals surface area contributed by atoms with Crippen LogP contribution in [0.2, 0.25) is 5.02 Å². The molecule has 0 heterocycles. The summed E-state index contributed by atoms with van der Waals surface area (Å²) < 4.78 is 11.5. The molecular formula is C25H24ClN3O4. The Balaban J connectivity index is 1.63. The molecule has 7 nitrogen and oxygen atoms in total. The fourth-order valence-electron chi connectivity index (χ4n) is 2.84. The first-order chi connectivity index (χ1) is 16.0. The van der Waals surface area contributed by atoms with Crippen molar-refractivity contribution in [2.24, 2.45) is 5.10 Å². The smallest absolute Gasteiger partial charge is 0.329 e. The van der Waals surface area contributed by atoms with E-state index in [4.69, 9.17) is 21.1 Å². The average Bonchev–Trinajstić information content (AvgIpc) is 2.81. The number of aryl methyl sites for hydroxylation is 1. The van der Waals surface area contributed by atoms with E-state index in [1.54, 1.807) is 24.3 Å². The van der Waals surface area contributed by atoms with Gasteiger partial charge in [-0.15, -0.1) is 0 Å². The van der Waals surface area contributed by atoms with Crippen molar-refractivity contribution in [1.29, 1.82) is 0 Å².